The Morgan fingerprint density at radius 3 is 2.50 bits per heavy atom. The van der Waals surface area contributed by atoms with Crippen molar-refractivity contribution in [1.82, 2.24) is 5.32 Å². The standard InChI is InChI=1S/C7H17N4O/c8-3-1-5-11-7(12)6(10)2-4-9/h6H,1-5,8-10H2. The minimum absolute atomic E-state index is 0.270. The molecule has 0 bridgehead atoms. The molecule has 0 rings (SSSR count). The van der Waals surface area contributed by atoms with Crippen molar-refractivity contribution in [1.29, 1.82) is 0 Å². The first-order valence-corrected chi connectivity index (χ1v) is 4.09. The lowest BCUT2D eigenvalue weighted by molar-refractivity contribution is -0.122. The normalized spacial score (nSPS) is 12.6. The van der Waals surface area contributed by atoms with Crippen LogP contribution in [0, 0.1) is 0 Å². The third-order valence-corrected chi connectivity index (χ3v) is 1.42. The third-order valence-electron chi connectivity index (χ3n) is 1.42. The Morgan fingerprint density at radius 1 is 1.33 bits per heavy atom. The summed E-state index contributed by atoms with van der Waals surface area (Å²) in [5, 5.41) is 3.73. The Morgan fingerprint density at radius 2 is 2.00 bits per heavy atom. The van der Waals surface area contributed by atoms with Crippen molar-refractivity contribution >= 4 is 5.91 Å². The van der Waals surface area contributed by atoms with Crippen LogP contribution in [0.4, 0.5) is 0 Å². The topological polar surface area (TPSA) is 109 Å². The predicted molar refractivity (Wildman–Crippen MR) is 47.3 cm³/mol. The fourth-order valence-electron chi connectivity index (χ4n) is 0.701. The zero-order chi connectivity index (χ0) is 9.40. The monoisotopic (exact) mass is 173 g/mol. The van der Waals surface area contributed by atoms with Gasteiger partial charge in [-0.1, -0.05) is 0 Å². The number of rotatable bonds is 6. The molecule has 0 spiro atoms. The third kappa shape index (κ3) is 5.06. The van der Waals surface area contributed by atoms with Crippen LogP contribution in [0.15, 0.2) is 0 Å². The van der Waals surface area contributed by atoms with E-state index in [4.69, 9.17) is 17.2 Å². The highest BCUT2D eigenvalue weighted by Crippen LogP contribution is 1.86. The van der Waals surface area contributed by atoms with Crippen LogP contribution >= 0.6 is 0 Å². The molecule has 71 valence electrons. The van der Waals surface area contributed by atoms with Crippen LogP contribution in [-0.2, 0) is 4.79 Å². The summed E-state index contributed by atoms with van der Waals surface area (Å²) >= 11 is 0. The van der Waals surface area contributed by atoms with Gasteiger partial charge < -0.3 is 17.2 Å². The Balaban J connectivity index is 3.43. The highest BCUT2D eigenvalue weighted by molar-refractivity contribution is 5.81. The minimum Gasteiger partial charge on any atom is -0.330 e. The van der Waals surface area contributed by atoms with E-state index < -0.39 is 6.04 Å². The number of hydrogen-bond donors (Lipinski definition) is 3. The van der Waals surface area contributed by atoms with Crippen LogP contribution in [0.5, 0.6) is 0 Å². The van der Waals surface area contributed by atoms with Gasteiger partial charge in [0, 0.05) is 6.54 Å². The maximum atomic E-state index is 11.0. The van der Waals surface area contributed by atoms with E-state index in [0.717, 1.165) is 6.42 Å². The molecule has 0 saturated heterocycles. The number of carbonyl (C=O) groups excluding carboxylic acids is 1. The number of hydrogen-bond acceptors (Lipinski definition) is 4. The van der Waals surface area contributed by atoms with Gasteiger partial charge in [-0.3, -0.25) is 10.1 Å². The van der Waals surface area contributed by atoms with Gasteiger partial charge in [0.05, 0.1) is 6.04 Å². The molecule has 0 saturated carbocycles. The van der Waals surface area contributed by atoms with Crippen molar-refractivity contribution in [3.63, 3.8) is 0 Å². The Hall–Kier alpha value is -0.650. The maximum absolute atomic E-state index is 11.0. The van der Waals surface area contributed by atoms with Crippen molar-refractivity contribution < 1.29 is 4.79 Å². The molecule has 1 radical (unpaired) electrons. The molecule has 12 heavy (non-hydrogen) atoms. The molecule has 0 aliphatic rings. The highest BCUT2D eigenvalue weighted by atomic mass is 16.2. The minimum atomic E-state index is -0.534. The lowest BCUT2D eigenvalue weighted by Crippen LogP contribution is -2.38. The van der Waals surface area contributed by atoms with E-state index in [-0.39, 0.29) is 5.91 Å². The zero-order valence-electron chi connectivity index (χ0n) is 7.20. The number of carbonyl (C=O) groups is 1. The van der Waals surface area contributed by atoms with E-state index in [0.29, 0.717) is 26.1 Å². The summed E-state index contributed by atoms with van der Waals surface area (Å²) in [7, 11) is 0. The first-order valence-electron chi connectivity index (χ1n) is 4.09. The van der Waals surface area contributed by atoms with Crippen LogP contribution in [0.25, 0.3) is 0 Å². The Kier molecular flexibility index (Phi) is 6.64. The summed E-state index contributed by atoms with van der Waals surface area (Å²) in [5.41, 5.74) is 15.9. The SMILES string of the molecule is NCCC[N]C(=O)C(N)CCN. The first kappa shape index (κ1) is 11.4. The lowest BCUT2D eigenvalue weighted by atomic mass is 10.2. The summed E-state index contributed by atoms with van der Waals surface area (Å²) in [5.74, 6) is -0.270. The van der Waals surface area contributed by atoms with Crippen LogP contribution in [0.2, 0.25) is 0 Å². The molecule has 1 amide bonds. The largest absolute Gasteiger partial charge is 0.330 e. The van der Waals surface area contributed by atoms with Crippen molar-refractivity contribution in [3.05, 3.63) is 0 Å². The molecule has 0 aromatic rings. The number of nitrogens with zero attached hydrogens (tertiary/aromatic N) is 1. The molecule has 1 atom stereocenters. The second-order valence-corrected chi connectivity index (χ2v) is 2.55. The van der Waals surface area contributed by atoms with Crippen LogP contribution in [-0.4, -0.2) is 31.6 Å². The molecule has 0 aliphatic carbocycles. The molecule has 0 aliphatic heterocycles. The quantitative estimate of drug-likeness (QED) is 0.409. The second-order valence-electron chi connectivity index (χ2n) is 2.55. The van der Waals surface area contributed by atoms with Gasteiger partial charge in [-0.2, -0.15) is 0 Å². The fraction of sp³-hybridized carbons (Fsp3) is 0.857. The van der Waals surface area contributed by atoms with Crippen LogP contribution < -0.4 is 22.5 Å². The smallest absolute Gasteiger partial charge is 0.258 e. The van der Waals surface area contributed by atoms with Crippen molar-refractivity contribution in [2.24, 2.45) is 17.2 Å². The van der Waals surface area contributed by atoms with Gasteiger partial charge in [0.15, 0.2) is 0 Å². The molecular weight excluding hydrogens is 156 g/mol. The van der Waals surface area contributed by atoms with Crippen LogP contribution in [0.1, 0.15) is 12.8 Å². The van der Waals surface area contributed by atoms with Crippen LogP contribution in [0.3, 0.4) is 0 Å². The number of amides is 1. The predicted octanol–water partition coefficient (Wildman–Crippen LogP) is -1.86. The average molecular weight is 173 g/mol. The zero-order valence-corrected chi connectivity index (χ0v) is 7.20. The van der Waals surface area contributed by atoms with E-state index in [1.807, 2.05) is 0 Å². The summed E-state index contributed by atoms with van der Waals surface area (Å²) < 4.78 is 0. The van der Waals surface area contributed by atoms with Gasteiger partial charge in [-0.05, 0) is 25.9 Å². The van der Waals surface area contributed by atoms with E-state index in [2.05, 4.69) is 5.32 Å². The summed E-state index contributed by atoms with van der Waals surface area (Å²) in [4.78, 5) is 11.0. The Labute approximate surface area is 72.7 Å². The molecule has 0 heterocycles. The van der Waals surface area contributed by atoms with E-state index in [1.54, 1.807) is 0 Å². The van der Waals surface area contributed by atoms with Gasteiger partial charge in [-0.25, -0.2) is 0 Å². The molecule has 0 aromatic carbocycles. The van der Waals surface area contributed by atoms with Crippen molar-refractivity contribution in [2.75, 3.05) is 19.6 Å². The highest BCUT2D eigenvalue weighted by Gasteiger charge is 2.12. The molecule has 0 fully saturated rings. The number of nitrogens with two attached hydrogens (primary N) is 3. The molecule has 5 heteroatoms. The molecule has 1 unspecified atom stereocenters. The molecular formula is C7H17N4O. The van der Waals surface area contributed by atoms with E-state index >= 15 is 0 Å². The van der Waals surface area contributed by atoms with Gasteiger partial charge in [0.25, 0.3) is 5.91 Å². The fourth-order valence-corrected chi connectivity index (χ4v) is 0.701. The van der Waals surface area contributed by atoms with Gasteiger partial charge >= 0.3 is 0 Å². The van der Waals surface area contributed by atoms with Gasteiger partial charge in [0.1, 0.15) is 0 Å². The second kappa shape index (κ2) is 7.02. The van der Waals surface area contributed by atoms with Gasteiger partial charge in [0.2, 0.25) is 0 Å². The summed E-state index contributed by atoms with van der Waals surface area (Å²) in [6.07, 6.45) is 1.21. The molecule has 0 aromatic heterocycles. The first-order chi connectivity index (χ1) is 5.72. The lowest BCUT2D eigenvalue weighted by Gasteiger charge is -2.07. The van der Waals surface area contributed by atoms with Crippen molar-refractivity contribution in [3.8, 4) is 0 Å². The van der Waals surface area contributed by atoms with Crippen molar-refractivity contribution in [2.45, 2.75) is 18.9 Å². The van der Waals surface area contributed by atoms with Gasteiger partial charge in [-0.15, -0.1) is 0 Å². The molecule has 5 nitrogen and oxygen atoms in total. The maximum Gasteiger partial charge on any atom is 0.258 e. The Bertz CT molecular complexity index is 129. The molecule has 6 N–H and O–H groups in total. The van der Waals surface area contributed by atoms with E-state index in [9.17, 15) is 4.79 Å². The summed E-state index contributed by atoms with van der Waals surface area (Å²) in [6, 6.07) is -0.534. The average Bonchev–Trinajstić information content (AvgIpc) is 2.05. The van der Waals surface area contributed by atoms with E-state index in [1.165, 1.54) is 0 Å². The summed E-state index contributed by atoms with van der Waals surface area (Å²) in [6.45, 7) is 1.43.